The zero-order valence-corrected chi connectivity index (χ0v) is 11.5. The first-order valence-corrected chi connectivity index (χ1v) is 6.43. The molecule has 1 aliphatic rings. The van der Waals surface area contributed by atoms with E-state index in [4.69, 9.17) is 0 Å². The van der Waals surface area contributed by atoms with Gasteiger partial charge in [-0.2, -0.15) is 0 Å². The van der Waals surface area contributed by atoms with Gasteiger partial charge in [0.25, 0.3) is 0 Å². The Kier molecular flexibility index (Phi) is 2.45. The van der Waals surface area contributed by atoms with Gasteiger partial charge in [-0.25, -0.2) is 0 Å². The van der Waals surface area contributed by atoms with Crippen molar-refractivity contribution in [1.29, 1.82) is 0 Å². The van der Waals surface area contributed by atoms with Gasteiger partial charge < -0.3 is 0 Å². The van der Waals surface area contributed by atoms with E-state index in [9.17, 15) is 0 Å². The van der Waals surface area contributed by atoms with Gasteiger partial charge in [-0.05, 0) is 34.8 Å². The predicted molar refractivity (Wildman–Crippen MR) is 71.0 cm³/mol. The van der Waals surface area contributed by atoms with E-state index in [2.05, 4.69) is 59.7 Å². The van der Waals surface area contributed by atoms with Crippen LogP contribution in [0.4, 0.5) is 0 Å². The summed E-state index contributed by atoms with van der Waals surface area (Å²) in [6, 6.07) is 7.00. The van der Waals surface area contributed by atoms with Crippen LogP contribution in [0.5, 0.6) is 0 Å². The van der Waals surface area contributed by atoms with Crippen LogP contribution in [0.1, 0.15) is 57.7 Å². The topological polar surface area (TPSA) is 0 Å². The minimum absolute atomic E-state index is 0.319. The SMILES string of the molecule is CCC1C(C)(C)c2ccc(C)cc2C1(C)C. The molecule has 1 aliphatic carbocycles. The molecule has 0 saturated heterocycles. The van der Waals surface area contributed by atoms with Crippen molar-refractivity contribution in [3.63, 3.8) is 0 Å². The molecule has 0 nitrogen and oxygen atoms in total. The molecule has 0 heteroatoms. The summed E-state index contributed by atoms with van der Waals surface area (Å²) < 4.78 is 0. The molecular formula is C16H24. The smallest absolute Gasteiger partial charge is 0.00641 e. The lowest BCUT2D eigenvalue weighted by atomic mass is 9.69. The lowest BCUT2D eigenvalue weighted by Gasteiger charge is -2.35. The molecule has 88 valence electrons. The Labute approximate surface area is 100 Å². The highest BCUT2D eigenvalue weighted by atomic mass is 14.5. The van der Waals surface area contributed by atoms with Crippen molar-refractivity contribution in [1.82, 2.24) is 0 Å². The number of hydrogen-bond acceptors (Lipinski definition) is 0. The number of rotatable bonds is 1. The molecule has 0 fully saturated rings. The third kappa shape index (κ3) is 1.35. The highest BCUT2D eigenvalue weighted by Gasteiger charge is 2.49. The van der Waals surface area contributed by atoms with Crippen LogP contribution in [0.3, 0.4) is 0 Å². The van der Waals surface area contributed by atoms with E-state index in [0.717, 1.165) is 5.92 Å². The molecular weight excluding hydrogens is 192 g/mol. The molecule has 0 heterocycles. The zero-order chi connectivity index (χ0) is 12.1. The van der Waals surface area contributed by atoms with Crippen molar-refractivity contribution in [3.8, 4) is 0 Å². The molecule has 0 bridgehead atoms. The van der Waals surface area contributed by atoms with Gasteiger partial charge in [-0.3, -0.25) is 0 Å². The normalized spacial score (nSPS) is 25.5. The molecule has 0 spiro atoms. The Balaban J connectivity index is 2.68. The number of benzene rings is 1. The molecule has 0 amide bonds. The van der Waals surface area contributed by atoms with Crippen LogP contribution in [0.25, 0.3) is 0 Å². The molecule has 1 atom stereocenters. The average Bonchev–Trinajstić information content (AvgIpc) is 2.30. The van der Waals surface area contributed by atoms with E-state index < -0.39 is 0 Å². The number of aryl methyl sites for hydroxylation is 1. The quantitative estimate of drug-likeness (QED) is 0.644. The maximum atomic E-state index is 2.41. The fourth-order valence-electron chi connectivity index (χ4n) is 4.05. The van der Waals surface area contributed by atoms with Gasteiger partial charge in [-0.1, -0.05) is 64.8 Å². The van der Waals surface area contributed by atoms with E-state index in [1.54, 1.807) is 11.1 Å². The largest absolute Gasteiger partial charge is 0.0651 e. The van der Waals surface area contributed by atoms with E-state index in [1.165, 1.54) is 12.0 Å². The van der Waals surface area contributed by atoms with Crippen molar-refractivity contribution in [2.24, 2.45) is 5.92 Å². The van der Waals surface area contributed by atoms with E-state index in [1.807, 2.05) is 0 Å². The molecule has 2 rings (SSSR count). The van der Waals surface area contributed by atoms with E-state index in [-0.39, 0.29) is 0 Å². The standard InChI is InChI=1S/C16H24/c1-7-14-15(3,4)12-9-8-11(2)10-13(12)16(14,5)6/h8-10,14H,7H2,1-6H3. The van der Waals surface area contributed by atoms with Crippen molar-refractivity contribution in [3.05, 3.63) is 34.9 Å². The Morgan fingerprint density at radius 2 is 1.56 bits per heavy atom. The summed E-state index contributed by atoms with van der Waals surface area (Å²) in [6.45, 7) is 14.2. The summed E-state index contributed by atoms with van der Waals surface area (Å²) >= 11 is 0. The third-order valence-electron chi connectivity index (χ3n) is 4.71. The van der Waals surface area contributed by atoms with Crippen LogP contribution in [0.2, 0.25) is 0 Å². The van der Waals surface area contributed by atoms with Crippen LogP contribution in [-0.2, 0) is 10.8 Å². The van der Waals surface area contributed by atoms with Crippen LogP contribution in [0, 0.1) is 12.8 Å². The molecule has 0 radical (unpaired) electrons. The molecule has 0 saturated carbocycles. The highest BCUT2D eigenvalue weighted by molar-refractivity contribution is 5.47. The second kappa shape index (κ2) is 3.35. The van der Waals surface area contributed by atoms with Gasteiger partial charge in [0.15, 0.2) is 0 Å². The molecule has 1 unspecified atom stereocenters. The zero-order valence-electron chi connectivity index (χ0n) is 11.5. The van der Waals surface area contributed by atoms with Crippen molar-refractivity contribution < 1.29 is 0 Å². The summed E-state index contributed by atoms with van der Waals surface area (Å²) in [6.07, 6.45) is 1.26. The maximum Gasteiger partial charge on any atom is -0.00641 e. The van der Waals surface area contributed by atoms with Gasteiger partial charge in [0.1, 0.15) is 0 Å². The Bertz CT molecular complexity index is 410. The van der Waals surface area contributed by atoms with Crippen LogP contribution >= 0.6 is 0 Å². The first-order valence-electron chi connectivity index (χ1n) is 6.43. The molecule has 1 aromatic carbocycles. The van der Waals surface area contributed by atoms with Crippen molar-refractivity contribution >= 4 is 0 Å². The molecule has 0 aliphatic heterocycles. The average molecular weight is 216 g/mol. The van der Waals surface area contributed by atoms with Crippen molar-refractivity contribution in [2.75, 3.05) is 0 Å². The van der Waals surface area contributed by atoms with Crippen LogP contribution < -0.4 is 0 Å². The van der Waals surface area contributed by atoms with Gasteiger partial charge >= 0.3 is 0 Å². The summed E-state index contributed by atoms with van der Waals surface area (Å²) in [7, 11) is 0. The summed E-state index contributed by atoms with van der Waals surface area (Å²) in [5.41, 5.74) is 5.17. The summed E-state index contributed by atoms with van der Waals surface area (Å²) in [5, 5.41) is 0. The van der Waals surface area contributed by atoms with Crippen LogP contribution in [0.15, 0.2) is 18.2 Å². The third-order valence-corrected chi connectivity index (χ3v) is 4.71. The van der Waals surface area contributed by atoms with Crippen molar-refractivity contribution in [2.45, 2.75) is 58.8 Å². The molecule has 16 heavy (non-hydrogen) atoms. The van der Waals surface area contributed by atoms with E-state index >= 15 is 0 Å². The second-order valence-electron chi connectivity index (χ2n) is 6.45. The Morgan fingerprint density at radius 1 is 1.00 bits per heavy atom. The lowest BCUT2D eigenvalue weighted by molar-refractivity contribution is 0.232. The number of fused-ring (bicyclic) bond motifs is 1. The van der Waals surface area contributed by atoms with Gasteiger partial charge in [0.2, 0.25) is 0 Å². The first kappa shape index (κ1) is 11.7. The molecule has 0 aromatic heterocycles. The van der Waals surface area contributed by atoms with Crippen LogP contribution in [-0.4, -0.2) is 0 Å². The molecule has 0 N–H and O–H groups in total. The Morgan fingerprint density at radius 3 is 2.12 bits per heavy atom. The Hall–Kier alpha value is -0.780. The summed E-state index contributed by atoms with van der Waals surface area (Å²) in [5.74, 6) is 0.747. The monoisotopic (exact) mass is 216 g/mol. The minimum Gasteiger partial charge on any atom is -0.0651 e. The summed E-state index contributed by atoms with van der Waals surface area (Å²) in [4.78, 5) is 0. The second-order valence-corrected chi connectivity index (χ2v) is 6.45. The minimum atomic E-state index is 0.319. The fraction of sp³-hybridized carbons (Fsp3) is 0.625. The molecule has 1 aromatic rings. The highest BCUT2D eigenvalue weighted by Crippen LogP contribution is 2.55. The van der Waals surface area contributed by atoms with Gasteiger partial charge in [0, 0.05) is 0 Å². The van der Waals surface area contributed by atoms with Gasteiger partial charge in [0.05, 0.1) is 0 Å². The fourth-order valence-corrected chi connectivity index (χ4v) is 4.05. The number of hydrogen-bond donors (Lipinski definition) is 0. The van der Waals surface area contributed by atoms with E-state index in [0.29, 0.717) is 10.8 Å². The lowest BCUT2D eigenvalue weighted by Crippen LogP contribution is -2.33. The van der Waals surface area contributed by atoms with Gasteiger partial charge in [-0.15, -0.1) is 0 Å². The predicted octanol–water partition coefficient (Wildman–Crippen LogP) is 4.59. The maximum absolute atomic E-state index is 2.41. The first-order chi connectivity index (χ1) is 7.31.